The third kappa shape index (κ3) is 3.93. The maximum Gasteiger partial charge on any atom is 0.189 e. The molecule has 0 radical (unpaired) electrons. The van der Waals surface area contributed by atoms with Gasteiger partial charge in [-0.05, 0) is 98.6 Å². The number of thioether (sulfide) groups is 1. The largest absolute Gasteiger partial charge is 0.497 e. The van der Waals surface area contributed by atoms with Crippen molar-refractivity contribution >= 4 is 28.6 Å². The number of carbonyl (C=O) groups excluding carboxylic acids is 1. The Kier molecular flexibility index (Phi) is 6.72. The van der Waals surface area contributed by atoms with Gasteiger partial charge >= 0.3 is 0 Å². The third-order valence-electron chi connectivity index (χ3n) is 13.4. The number of benzene rings is 2. The first-order chi connectivity index (χ1) is 22.0. The SMILES string of the molecule is COc1ccc(C(=O)C2=CC34C=CC25C(CCC2(C)C5CCC2(O)CSc2nc5ccc(OC)cc5[nH]2)C3(C)CCC(O)C4)cc1. The number of rotatable bonds is 7. The van der Waals surface area contributed by atoms with Crippen molar-refractivity contribution in [3.63, 3.8) is 0 Å². The first-order valence-corrected chi connectivity index (χ1v) is 17.7. The molecular weight excluding hydrogens is 596 g/mol. The lowest BCUT2D eigenvalue weighted by atomic mass is 9.32. The summed E-state index contributed by atoms with van der Waals surface area (Å²) in [5.74, 6) is 2.46. The molecule has 0 amide bonds. The molecular formula is C38H44N2O5S. The normalized spacial score (nSPS) is 39.0. The fourth-order valence-corrected chi connectivity index (χ4v) is 12.0. The van der Waals surface area contributed by atoms with Crippen molar-refractivity contribution in [1.82, 2.24) is 9.97 Å². The zero-order valence-electron chi connectivity index (χ0n) is 27.1. The molecule has 242 valence electrons. The van der Waals surface area contributed by atoms with Crippen molar-refractivity contribution in [2.24, 2.45) is 33.5 Å². The van der Waals surface area contributed by atoms with Crippen LogP contribution < -0.4 is 9.47 Å². The van der Waals surface area contributed by atoms with Gasteiger partial charge in [-0.15, -0.1) is 0 Å². The number of aliphatic hydroxyl groups excluding tert-OH is 1. The number of aromatic nitrogens is 2. The molecule has 2 spiro atoms. The summed E-state index contributed by atoms with van der Waals surface area (Å²) in [5, 5.41) is 24.4. The van der Waals surface area contributed by atoms with E-state index in [1.807, 2.05) is 42.5 Å². The van der Waals surface area contributed by atoms with Crippen LogP contribution in [0.15, 0.2) is 71.4 Å². The van der Waals surface area contributed by atoms with Crippen molar-refractivity contribution in [2.45, 2.75) is 75.7 Å². The number of aromatic amines is 1. The number of nitrogens with zero attached hydrogens (tertiary/aromatic N) is 1. The van der Waals surface area contributed by atoms with Gasteiger partial charge in [0.05, 0.1) is 37.0 Å². The van der Waals surface area contributed by atoms with Gasteiger partial charge in [0.15, 0.2) is 10.9 Å². The maximum atomic E-state index is 14.7. The number of Topliss-reactive ketones (excluding diaryl/α,β-unsaturated/α-hetero) is 1. The molecule has 7 nitrogen and oxygen atoms in total. The fraction of sp³-hybridized carbons (Fsp3) is 0.526. The highest BCUT2D eigenvalue weighted by Gasteiger charge is 2.74. The average Bonchev–Trinajstić information content (AvgIpc) is 3.60. The van der Waals surface area contributed by atoms with E-state index in [0.29, 0.717) is 24.2 Å². The Morgan fingerprint density at radius 2 is 1.65 bits per heavy atom. The highest BCUT2D eigenvalue weighted by molar-refractivity contribution is 7.99. The number of hydrogen-bond donors (Lipinski definition) is 3. The zero-order chi connectivity index (χ0) is 32.1. The lowest BCUT2D eigenvalue weighted by Gasteiger charge is -2.71. The number of fused-ring (bicyclic) bond motifs is 2. The summed E-state index contributed by atoms with van der Waals surface area (Å²) in [6.07, 6.45) is 12.4. The second-order valence-corrected chi connectivity index (χ2v) is 16.0. The number of hydrogen-bond acceptors (Lipinski definition) is 7. The van der Waals surface area contributed by atoms with E-state index >= 15 is 0 Å². The van der Waals surface area contributed by atoms with Crippen LogP contribution in [-0.4, -0.2) is 57.6 Å². The monoisotopic (exact) mass is 640 g/mol. The molecule has 1 heterocycles. The van der Waals surface area contributed by atoms with Crippen LogP contribution in [0.4, 0.5) is 0 Å². The highest BCUT2D eigenvalue weighted by atomic mass is 32.2. The minimum atomic E-state index is -0.920. The highest BCUT2D eigenvalue weighted by Crippen LogP contribution is 2.78. The van der Waals surface area contributed by atoms with E-state index in [0.717, 1.165) is 65.4 Å². The molecule has 0 saturated heterocycles. The molecule has 9 rings (SSSR count). The van der Waals surface area contributed by atoms with Crippen molar-refractivity contribution in [3.8, 4) is 11.5 Å². The molecule has 46 heavy (non-hydrogen) atoms. The smallest absolute Gasteiger partial charge is 0.189 e. The molecule has 0 aliphatic heterocycles. The molecule has 3 saturated carbocycles. The zero-order valence-corrected chi connectivity index (χ0v) is 28.0. The van der Waals surface area contributed by atoms with Crippen LogP contribution in [-0.2, 0) is 0 Å². The summed E-state index contributed by atoms with van der Waals surface area (Å²) in [4.78, 5) is 22.9. The van der Waals surface area contributed by atoms with Crippen LogP contribution in [0, 0.1) is 33.5 Å². The number of imidazole rings is 1. The summed E-state index contributed by atoms with van der Waals surface area (Å²) in [7, 11) is 3.29. The number of ketones is 1. The van der Waals surface area contributed by atoms with Crippen molar-refractivity contribution in [1.29, 1.82) is 0 Å². The first-order valence-electron chi connectivity index (χ1n) is 16.7. The lowest BCUT2D eigenvalue weighted by molar-refractivity contribution is -0.166. The number of ether oxygens (including phenoxy) is 2. The van der Waals surface area contributed by atoms with Crippen LogP contribution in [0.25, 0.3) is 11.0 Å². The van der Waals surface area contributed by atoms with Gasteiger partial charge in [0, 0.05) is 39.2 Å². The van der Waals surface area contributed by atoms with Gasteiger partial charge in [0.25, 0.3) is 0 Å². The molecule has 8 heteroatoms. The van der Waals surface area contributed by atoms with E-state index in [-0.39, 0.29) is 34.6 Å². The Balaban J connectivity index is 1.18. The Bertz CT molecular complexity index is 1780. The molecule has 6 aliphatic rings. The molecule has 2 bridgehead atoms. The number of nitrogens with one attached hydrogen (secondary N) is 1. The summed E-state index contributed by atoms with van der Waals surface area (Å²) >= 11 is 1.58. The number of H-pyrrole nitrogens is 1. The number of methoxy groups -OCH3 is 2. The van der Waals surface area contributed by atoms with E-state index in [1.165, 1.54) is 0 Å². The van der Waals surface area contributed by atoms with Crippen molar-refractivity contribution in [3.05, 3.63) is 71.8 Å². The minimum Gasteiger partial charge on any atom is -0.497 e. The van der Waals surface area contributed by atoms with Crippen molar-refractivity contribution in [2.75, 3.05) is 20.0 Å². The Labute approximate surface area is 274 Å². The summed E-state index contributed by atoms with van der Waals surface area (Å²) in [6.45, 7) is 4.70. The second-order valence-electron chi connectivity index (χ2n) is 15.1. The third-order valence-corrected chi connectivity index (χ3v) is 14.5. The van der Waals surface area contributed by atoms with Crippen LogP contribution in [0.1, 0.15) is 69.2 Å². The average molecular weight is 641 g/mol. The first kappa shape index (κ1) is 30.3. The molecule has 8 unspecified atom stereocenters. The van der Waals surface area contributed by atoms with E-state index in [1.54, 1.807) is 26.0 Å². The van der Waals surface area contributed by atoms with E-state index in [2.05, 4.69) is 37.1 Å². The van der Waals surface area contributed by atoms with Crippen molar-refractivity contribution < 1.29 is 24.5 Å². The van der Waals surface area contributed by atoms with E-state index < -0.39 is 16.4 Å². The minimum absolute atomic E-state index is 0.0587. The van der Waals surface area contributed by atoms with Crippen LogP contribution in [0.3, 0.4) is 0 Å². The summed E-state index contributed by atoms with van der Waals surface area (Å²) in [6, 6.07) is 13.3. The fourth-order valence-electron chi connectivity index (χ4n) is 10.8. The molecule has 2 aromatic carbocycles. The standard InChI is InChI=1S/C38H44N2O5S/c1-34-14-11-24(41)20-36(34)17-18-38(27(21-36)32(42)23-5-7-25(44-3)8-6-23)30(34)12-15-35(2)31(38)13-16-37(35,43)22-46-33-39-28-10-9-26(45-4)19-29(28)40-33/h5-10,17-19,21,24,30-31,41,43H,11-16,20,22H2,1-4H3,(H,39,40). The molecule has 3 aromatic rings. The van der Waals surface area contributed by atoms with Gasteiger partial charge in [-0.1, -0.05) is 43.8 Å². The molecule has 6 aliphatic carbocycles. The quantitative estimate of drug-likeness (QED) is 0.143. The van der Waals surface area contributed by atoms with Crippen LogP contribution in [0.5, 0.6) is 11.5 Å². The predicted molar refractivity (Wildman–Crippen MR) is 179 cm³/mol. The van der Waals surface area contributed by atoms with Gasteiger partial charge < -0.3 is 24.7 Å². The molecule has 3 N–H and O–H groups in total. The Hall–Kier alpha value is -3.07. The Morgan fingerprint density at radius 3 is 2.41 bits per heavy atom. The maximum absolute atomic E-state index is 14.7. The summed E-state index contributed by atoms with van der Waals surface area (Å²) in [5.41, 5.74) is 1.12. The van der Waals surface area contributed by atoms with Gasteiger partial charge in [0.1, 0.15) is 11.5 Å². The topological polar surface area (TPSA) is 105 Å². The summed E-state index contributed by atoms with van der Waals surface area (Å²) < 4.78 is 10.8. The predicted octanol–water partition coefficient (Wildman–Crippen LogP) is 7.15. The number of allylic oxidation sites excluding steroid dienone is 4. The Morgan fingerprint density at radius 1 is 0.957 bits per heavy atom. The molecule has 3 fully saturated rings. The van der Waals surface area contributed by atoms with Gasteiger partial charge in [-0.2, -0.15) is 0 Å². The van der Waals surface area contributed by atoms with Crippen LogP contribution >= 0.6 is 11.8 Å². The van der Waals surface area contributed by atoms with E-state index in [9.17, 15) is 15.0 Å². The van der Waals surface area contributed by atoms with E-state index in [4.69, 9.17) is 14.5 Å². The van der Waals surface area contributed by atoms with Crippen LogP contribution in [0.2, 0.25) is 0 Å². The van der Waals surface area contributed by atoms with Gasteiger partial charge in [-0.3, -0.25) is 4.79 Å². The van der Waals surface area contributed by atoms with Gasteiger partial charge in [-0.25, -0.2) is 4.98 Å². The van der Waals surface area contributed by atoms with Gasteiger partial charge in [0.2, 0.25) is 0 Å². The number of carbonyl (C=O) groups is 1. The second kappa shape index (κ2) is 10.2. The lowest BCUT2D eigenvalue weighted by Crippen LogP contribution is -2.67. The molecule has 1 aromatic heterocycles. The number of aliphatic hydroxyl groups is 2. The molecule has 8 atom stereocenters.